The zero-order chi connectivity index (χ0) is 30.6. The van der Waals surface area contributed by atoms with Gasteiger partial charge in [-0.15, -0.1) is 0 Å². The molecule has 0 unspecified atom stereocenters. The fourth-order valence-electron chi connectivity index (χ4n) is 5.30. The number of hydrogen-bond donors (Lipinski definition) is 1. The first kappa shape index (κ1) is 28.5. The molecule has 0 saturated carbocycles. The van der Waals surface area contributed by atoms with Crippen molar-refractivity contribution in [2.45, 2.75) is 19.6 Å². The van der Waals surface area contributed by atoms with Crippen LogP contribution in [0.15, 0.2) is 91.0 Å². The predicted octanol–water partition coefficient (Wildman–Crippen LogP) is 7.46. The van der Waals surface area contributed by atoms with Crippen LogP contribution in [0.25, 0.3) is 37.9 Å². The first-order chi connectivity index (χ1) is 21.4. The summed E-state index contributed by atoms with van der Waals surface area (Å²) in [4.78, 5) is 24.5. The lowest BCUT2D eigenvalue weighted by atomic mass is 9.96. The van der Waals surface area contributed by atoms with Gasteiger partial charge in [0.1, 0.15) is 18.2 Å². The largest absolute Gasteiger partial charge is 0.478 e. The molecule has 0 saturated heterocycles. The van der Waals surface area contributed by atoms with Gasteiger partial charge in [0.15, 0.2) is 5.69 Å². The van der Waals surface area contributed by atoms with Crippen molar-refractivity contribution in [3.63, 3.8) is 0 Å². The second kappa shape index (κ2) is 12.3. The zero-order valence-electron chi connectivity index (χ0n) is 23.8. The van der Waals surface area contributed by atoms with E-state index in [-0.39, 0.29) is 17.9 Å². The van der Waals surface area contributed by atoms with Crippen molar-refractivity contribution < 1.29 is 23.8 Å². The fourth-order valence-corrected chi connectivity index (χ4v) is 5.30. The van der Waals surface area contributed by atoms with Crippen molar-refractivity contribution in [1.29, 1.82) is 0 Å². The Balaban J connectivity index is 1.33. The maximum atomic E-state index is 14.4. The minimum atomic E-state index is -0.986. The molecular weight excluding hydrogens is 559 g/mol. The molecule has 9 heteroatoms. The summed E-state index contributed by atoms with van der Waals surface area (Å²) in [5.41, 5.74) is 4.95. The molecule has 6 rings (SSSR count). The van der Waals surface area contributed by atoms with E-state index in [1.54, 1.807) is 43.5 Å². The average Bonchev–Trinajstić information content (AvgIpc) is 3.39. The molecular formula is C35H27FN4O4. The Labute approximate surface area is 252 Å². The van der Waals surface area contributed by atoms with Crippen LogP contribution in [0, 0.1) is 12.4 Å². The van der Waals surface area contributed by atoms with Gasteiger partial charge in [-0.05, 0) is 46.7 Å². The predicted molar refractivity (Wildman–Crippen MR) is 166 cm³/mol. The Bertz CT molecular complexity index is 2060. The van der Waals surface area contributed by atoms with E-state index in [1.165, 1.54) is 6.07 Å². The number of fused-ring (bicyclic) bond motifs is 2. The van der Waals surface area contributed by atoms with Crippen LogP contribution in [-0.4, -0.2) is 39.3 Å². The van der Waals surface area contributed by atoms with Gasteiger partial charge < -0.3 is 19.1 Å². The summed E-state index contributed by atoms with van der Waals surface area (Å²) < 4.78 is 27.6. The highest BCUT2D eigenvalue weighted by Crippen LogP contribution is 2.32. The van der Waals surface area contributed by atoms with Crippen molar-refractivity contribution in [1.82, 2.24) is 14.5 Å². The van der Waals surface area contributed by atoms with E-state index in [9.17, 15) is 14.3 Å². The lowest BCUT2D eigenvalue weighted by molar-refractivity contribution is 0.0697. The molecule has 218 valence electrons. The van der Waals surface area contributed by atoms with Crippen molar-refractivity contribution in [3.05, 3.63) is 131 Å². The SMILES string of the molecule is [C-]#[N+]c1ccc(COc2cccc(-c3ccc(Cc4nc5ccc(C(=O)O)cc5n4CCOC)c4ccccc34)n2)c(F)c1. The number of rotatable bonds is 10. The molecule has 6 aromatic rings. The Morgan fingerprint density at radius 3 is 2.55 bits per heavy atom. The van der Waals surface area contributed by atoms with Crippen LogP contribution in [0.3, 0.4) is 0 Å². The van der Waals surface area contributed by atoms with E-state index in [0.717, 1.165) is 38.8 Å². The monoisotopic (exact) mass is 586 g/mol. The topological polar surface area (TPSA) is 90.8 Å². The molecule has 0 amide bonds. The van der Waals surface area contributed by atoms with Gasteiger partial charge in [0, 0.05) is 37.3 Å². The number of carbonyl (C=O) groups is 1. The number of carboxylic acid groups (broad SMARTS) is 1. The summed E-state index contributed by atoms with van der Waals surface area (Å²) in [5, 5.41) is 11.6. The van der Waals surface area contributed by atoms with Crippen LogP contribution in [0.5, 0.6) is 5.88 Å². The lowest BCUT2D eigenvalue weighted by Gasteiger charge is -2.14. The van der Waals surface area contributed by atoms with Gasteiger partial charge in [0.05, 0.1) is 35.5 Å². The van der Waals surface area contributed by atoms with E-state index in [1.807, 2.05) is 41.0 Å². The molecule has 44 heavy (non-hydrogen) atoms. The number of methoxy groups -OCH3 is 1. The van der Waals surface area contributed by atoms with Gasteiger partial charge in [-0.2, -0.15) is 0 Å². The number of pyridine rings is 1. The first-order valence-corrected chi connectivity index (χ1v) is 13.9. The molecule has 2 aromatic heterocycles. The maximum Gasteiger partial charge on any atom is 0.335 e. The number of imidazole rings is 1. The molecule has 2 heterocycles. The molecule has 0 atom stereocenters. The molecule has 4 aromatic carbocycles. The van der Waals surface area contributed by atoms with Crippen molar-refractivity contribution in [2.75, 3.05) is 13.7 Å². The minimum absolute atomic E-state index is 0.0156. The zero-order valence-corrected chi connectivity index (χ0v) is 23.8. The normalized spacial score (nSPS) is 11.1. The number of aromatic carboxylic acids is 1. The second-order valence-electron chi connectivity index (χ2n) is 10.2. The average molecular weight is 587 g/mol. The molecule has 0 aliphatic rings. The smallest absolute Gasteiger partial charge is 0.335 e. The lowest BCUT2D eigenvalue weighted by Crippen LogP contribution is -2.09. The van der Waals surface area contributed by atoms with Crippen LogP contribution in [0.4, 0.5) is 10.1 Å². The maximum absolute atomic E-state index is 14.4. The third-order valence-electron chi connectivity index (χ3n) is 7.50. The molecule has 0 fully saturated rings. The highest BCUT2D eigenvalue weighted by atomic mass is 19.1. The van der Waals surface area contributed by atoms with E-state index in [0.29, 0.717) is 36.7 Å². The molecule has 8 nitrogen and oxygen atoms in total. The Kier molecular flexibility index (Phi) is 8.00. The number of aromatic nitrogens is 3. The highest BCUT2D eigenvalue weighted by molar-refractivity contribution is 5.98. The number of nitrogens with zero attached hydrogens (tertiary/aromatic N) is 4. The van der Waals surface area contributed by atoms with Gasteiger partial charge in [0.2, 0.25) is 5.88 Å². The standard InChI is InChI=1S/C35H27FN4O4/c1-37-25-13-10-24(29(36)20-25)21-44-34-9-5-8-30(39-34)28-14-11-22(26-6-3-4-7-27(26)28)19-33-38-31-15-12-23(35(41)42)18-32(31)40(33)16-17-43-2/h3-15,18,20H,16-17,19,21H2,2H3,(H,41,42). The van der Waals surface area contributed by atoms with E-state index in [2.05, 4.69) is 17.0 Å². The fraction of sp³-hybridized carbons (Fsp3) is 0.143. The molecule has 1 N–H and O–H groups in total. The highest BCUT2D eigenvalue weighted by Gasteiger charge is 2.17. The number of carboxylic acids is 1. The summed E-state index contributed by atoms with van der Waals surface area (Å²) in [5.74, 6) is -0.311. The van der Waals surface area contributed by atoms with Crippen LogP contribution < -0.4 is 4.74 Å². The third-order valence-corrected chi connectivity index (χ3v) is 7.50. The molecule has 0 bridgehead atoms. The summed E-state index contributed by atoms with van der Waals surface area (Å²) in [6.07, 6.45) is 0.524. The quantitative estimate of drug-likeness (QED) is 0.168. The van der Waals surface area contributed by atoms with Crippen molar-refractivity contribution in [3.8, 4) is 17.1 Å². The number of ether oxygens (including phenoxy) is 2. The van der Waals surface area contributed by atoms with Crippen molar-refractivity contribution in [2.24, 2.45) is 0 Å². The third kappa shape index (κ3) is 5.71. The van der Waals surface area contributed by atoms with Gasteiger partial charge in [0.25, 0.3) is 0 Å². The van der Waals surface area contributed by atoms with Gasteiger partial charge in [-0.25, -0.2) is 24.0 Å². The van der Waals surface area contributed by atoms with Crippen LogP contribution in [0.1, 0.15) is 27.3 Å². The minimum Gasteiger partial charge on any atom is -0.478 e. The Morgan fingerprint density at radius 1 is 0.955 bits per heavy atom. The molecule has 0 aliphatic carbocycles. The summed E-state index contributed by atoms with van der Waals surface area (Å²) in [6.45, 7) is 8.02. The van der Waals surface area contributed by atoms with E-state index < -0.39 is 11.8 Å². The van der Waals surface area contributed by atoms with Crippen molar-refractivity contribution >= 4 is 33.5 Å². The summed E-state index contributed by atoms with van der Waals surface area (Å²) >= 11 is 0. The van der Waals surface area contributed by atoms with Gasteiger partial charge in [-0.3, -0.25) is 0 Å². The first-order valence-electron chi connectivity index (χ1n) is 13.9. The van der Waals surface area contributed by atoms with Crippen LogP contribution in [0.2, 0.25) is 0 Å². The summed E-state index contributed by atoms with van der Waals surface area (Å²) in [6, 6.07) is 26.9. The Morgan fingerprint density at radius 2 is 1.77 bits per heavy atom. The number of halogens is 1. The van der Waals surface area contributed by atoms with E-state index >= 15 is 0 Å². The van der Waals surface area contributed by atoms with E-state index in [4.69, 9.17) is 26.0 Å². The number of hydrogen-bond acceptors (Lipinski definition) is 5. The Hall–Kier alpha value is -5.59. The second-order valence-corrected chi connectivity index (χ2v) is 10.2. The molecule has 0 radical (unpaired) electrons. The van der Waals surface area contributed by atoms with Crippen LogP contribution >= 0.6 is 0 Å². The van der Waals surface area contributed by atoms with Gasteiger partial charge in [-0.1, -0.05) is 54.6 Å². The van der Waals surface area contributed by atoms with Crippen LogP contribution in [-0.2, 0) is 24.3 Å². The summed E-state index contributed by atoms with van der Waals surface area (Å²) in [7, 11) is 1.63. The molecule has 0 aliphatic heterocycles. The van der Waals surface area contributed by atoms with Gasteiger partial charge >= 0.3 is 5.97 Å². The molecule has 0 spiro atoms. The number of benzene rings is 4.